The number of oxazole rings is 1. The number of rotatable bonds is 4. The Morgan fingerprint density at radius 1 is 1.37 bits per heavy atom. The van der Waals surface area contributed by atoms with Gasteiger partial charge in [-0.15, -0.1) is 11.3 Å². The van der Waals surface area contributed by atoms with E-state index in [0.29, 0.717) is 28.8 Å². The smallest absolute Gasteiger partial charge is 0.228 e. The van der Waals surface area contributed by atoms with Crippen LogP contribution in [0.1, 0.15) is 35.2 Å². The summed E-state index contributed by atoms with van der Waals surface area (Å²) >= 11 is 1.68. The standard InChI is InChI=1S/C20H20FN3O2S/c1-13-17(23-19(26-13)15-3-2-4-16(21)11-15)12-18(25)24-8-5-14(6-9-24)20-22-7-10-27-20/h2-4,7,10-11,14H,5-6,8-9,12H2,1H3. The molecule has 0 bridgehead atoms. The van der Waals surface area contributed by atoms with Gasteiger partial charge in [0.05, 0.1) is 17.1 Å². The quantitative estimate of drug-likeness (QED) is 0.676. The molecule has 140 valence electrons. The number of carbonyl (C=O) groups excluding carboxylic acids is 1. The SMILES string of the molecule is Cc1oc(-c2cccc(F)c2)nc1CC(=O)N1CCC(c2nccs2)CC1. The van der Waals surface area contributed by atoms with Crippen molar-refractivity contribution in [2.75, 3.05) is 13.1 Å². The molecular formula is C20H20FN3O2S. The maximum Gasteiger partial charge on any atom is 0.228 e. The van der Waals surface area contributed by atoms with Gasteiger partial charge in [0.1, 0.15) is 11.6 Å². The fraction of sp³-hybridized carbons (Fsp3) is 0.350. The first-order chi connectivity index (χ1) is 13.1. The lowest BCUT2D eigenvalue weighted by molar-refractivity contribution is -0.131. The van der Waals surface area contributed by atoms with Crippen LogP contribution in [0.25, 0.3) is 11.5 Å². The van der Waals surface area contributed by atoms with E-state index in [1.807, 2.05) is 16.5 Å². The van der Waals surface area contributed by atoms with Crippen LogP contribution in [0, 0.1) is 12.7 Å². The van der Waals surface area contributed by atoms with Crippen LogP contribution < -0.4 is 0 Å². The monoisotopic (exact) mass is 385 g/mol. The van der Waals surface area contributed by atoms with E-state index in [1.165, 1.54) is 12.1 Å². The Labute approximate surface area is 160 Å². The number of aromatic nitrogens is 2. The van der Waals surface area contributed by atoms with Crippen molar-refractivity contribution in [3.8, 4) is 11.5 Å². The van der Waals surface area contributed by atoms with E-state index in [2.05, 4.69) is 9.97 Å². The van der Waals surface area contributed by atoms with E-state index >= 15 is 0 Å². The molecule has 1 fully saturated rings. The molecule has 2 aromatic heterocycles. The third-order valence-electron chi connectivity index (χ3n) is 4.93. The lowest BCUT2D eigenvalue weighted by Gasteiger charge is -2.31. The number of hydrogen-bond acceptors (Lipinski definition) is 5. The van der Waals surface area contributed by atoms with Crippen molar-refractivity contribution in [1.82, 2.24) is 14.9 Å². The second-order valence-corrected chi connectivity index (χ2v) is 7.66. The Kier molecular flexibility index (Phi) is 5.03. The first-order valence-corrected chi connectivity index (χ1v) is 9.87. The normalized spacial score (nSPS) is 15.3. The van der Waals surface area contributed by atoms with E-state index in [-0.39, 0.29) is 18.1 Å². The third-order valence-corrected chi connectivity index (χ3v) is 5.87. The highest BCUT2D eigenvalue weighted by molar-refractivity contribution is 7.09. The molecule has 1 aromatic carbocycles. The molecule has 1 amide bonds. The van der Waals surface area contributed by atoms with E-state index in [4.69, 9.17) is 4.42 Å². The molecule has 0 unspecified atom stereocenters. The molecule has 0 spiro atoms. The number of aryl methyl sites for hydroxylation is 1. The van der Waals surface area contributed by atoms with Gasteiger partial charge in [-0.25, -0.2) is 14.4 Å². The summed E-state index contributed by atoms with van der Waals surface area (Å²) in [5.74, 6) is 1.10. The van der Waals surface area contributed by atoms with Crippen LogP contribution in [-0.4, -0.2) is 33.9 Å². The number of nitrogens with zero attached hydrogens (tertiary/aromatic N) is 3. The Hall–Kier alpha value is -2.54. The molecule has 7 heteroatoms. The van der Waals surface area contributed by atoms with Crippen LogP contribution in [0.3, 0.4) is 0 Å². The van der Waals surface area contributed by atoms with Crippen LogP contribution in [0.2, 0.25) is 0 Å². The first kappa shape index (κ1) is 17.9. The van der Waals surface area contributed by atoms with E-state index in [1.54, 1.807) is 30.4 Å². The fourth-order valence-electron chi connectivity index (χ4n) is 3.40. The summed E-state index contributed by atoms with van der Waals surface area (Å²) in [5.41, 5.74) is 1.18. The second-order valence-electron chi connectivity index (χ2n) is 6.73. The molecule has 3 aromatic rings. The highest BCUT2D eigenvalue weighted by Gasteiger charge is 2.26. The summed E-state index contributed by atoms with van der Waals surface area (Å²) in [7, 11) is 0. The predicted molar refractivity (Wildman–Crippen MR) is 101 cm³/mol. The molecule has 27 heavy (non-hydrogen) atoms. The highest BCUT2D eigenvalue weighted by atomic mass is 32.1. The van der Waals surface area contributed by atoms with Crippen LogP contribution in [0.4, 0.5) is 4.39 Å². The molecule has 0 radical (unpaired) electrons. The number of amides is 1. The van der Waals surface area contributed by atoms with E-state index in [0.717, 1.165) is 30.9 Å². The Balaban J connectivity index is 1.40. The molecule has 1 saturated heterocycles. The van der Waals surface area contributed by atoms with Crippen LogP contribution in [-0.2, 0) is 11.2 Å². The number of piperidine rings is 1. The average molecular weight is 385 g/mol. The van der Waals surface area contributed by atoms with Crippen LogP contribution in [0.15, 0.2) is 40.3 Å². The second kappa shape index (κ2) is 7.60. The minimum Gasteiger partial charge on any atom is -0.441 e. The maximum atomic E-state index is 13.4. The van der Waals surface area contributed by atoms with Gasteiger partial charge in [-0.1, -0.05) is 6.07 Å². The lowest BCUT2D eigenvalue weighted by atomic mass is 9.97. The van der Waals surface area contributed by atoms with Gasteiger partial charge in [0, 0.05) is 36.1 Å². The summed E-state index contributed by atoms with van der Waals surface area (Å²) in [6, 6.07) is 6.10. The van der Waals surface area contributed by atoms with Gasteiger partial charge >= 0.3 is 0 Å². The summed E-state index contributed by atoms with van der Waals surface area (Å²) in [4.78, 5) is 23.4. The topological polar surface area (TPSA) is 59.2 Å². The summed E-state index contributed by atoms with van der Waals surface area (Å²) < 4.78 is 19.1. The predicted octanol–water partition coefficient (Wildman–Crippen LogP) is 4.19. The highest BCUT2D eigenvalue weighted by Crippen LogP contribution is 2.30. The minimum absolute atomic E-state index is 0.0507. The molecule has 3 heterocycles. The summed E-state index contributed by atoms with van der Waals surface area (Å²) in [6.07, 6.45) is 3.91. The number of benzene rings is 1. The number of hydrogen-bond donors (Lipinski definition) is 0. The molecule has 0 N–H and O–H groups in total. The number of thiazole rings is 1. The van der Waals surface area contributed by atoms with Crippen molar-refractivity contribution in [2.24, 2.45) is 0 Å². The van der Waals surface area contributed by atoms with Gasteiger partial charge in [-0.05, 0) is 38.0 Å². The zero-order valence-corrected chi connectivity index (χ0v) is 15.8. The van der Waals surface area contributed by atoms with Crippen LogP contribution >= 0.6 is 11.3 Å². The Morgan fingerprint density at radius 2 is 2.19 bits per heavy atom. The Bertz CT molecular complexity index is 931. The molecule has 5 nitrogen and oxygen atoms in total. The van der Waals surface area contributed by atoms with Gasteiger partial charge in [-0.3, -0.25) is 4.79 Å². The number of likely N-dealkylation sites (tertiary alicyclic amines) is 1. The van der Waals surface area contributed by atoms with E-state index < -0.39 is 0 Å². The molecule has 0 atom stereocenters. The molecule has 1 aliphatic rings. The molecular weight excluding hydrogens is 365 g/mol. The van der Waals surface area contributed by atoms with Crippen molar-refractivity contribution in [1.29, 1.82) is 0 Å². The van der Waals surface area contributed by atoms with Crippen molar-refractivity contribution in [3.63, 3.8) is 0 Å². The molecule has 4 rings (SSSR count). The van der Waals surface area contributed by atoms with Crippen molar-refractivity contribution >= 4 is 17.2 Å². The lowest BCUT2D eigenvalue weighted by Crippen LogP contribution is -2.38. The third kappa shape index (κ3) is 3.93. The van der Waals surface area contributed by atoms with Gasteiger partial charge in [0.15, 0.2) is 0 Å². The zero-order chi connectivity index (χ0) is 18.8. The van der Waals surface area contributed by atoms with Crippen molar-refractivity contribution in [3.05, 3.63) is 58.1 Å². The Morgan fingerprint density at radius 3 is 2.89 bits per heavy atom. The zero-order valence-electron chi connectivity index (χ0n) is 15.0. The fourth-order valence-corrected chi connectivity index (χ4v) is 4.22. The van der Waals surface area contributed by atoms with Crippen LogP contribution in [0.5, 0.6) is 0 Å². The van der Waals surface area contributed by atoms with Gasteiger partial charge < -0.3 is 9.32 Å². The minimum atomic E-state index is -0.343. The first-order valence-electron chi connectivity index (χ1n) is 8.99. The average Bonchev–Trinajstić information content (AvgIpc) is 3.32. The summed E-state index contributed by atoms with van der Waals surface area (Å²) in [6.45, 7) is 3.25. The molecule has 1 aliphatic heterocycles. The largest absolute Gasteiger partial charge is 0.441 e. The number of carbonyl (C=O) groups is 1. The summed E-state index contributed by atoms with van der Waals surface area (Å²) in [5, 5.41) is 3.16. The molecule has 0 saturated carbocycles. The maximum absolute atomic E-state index is 13.4. The van der Waals surface area contributed by atoms with Gasteiger partial charge in [0.2, 0.25) is 11.8 Å². The molecule has 0 aliphatic carbocycles. The van der Waals surface area contributed by atoms with Crippen molar-refractivity contribution < 1.29 is 13.6 Å². The number of halogens is 1. The van der Waals surface area contributed by atoms with Gasteiger partial charge in [0.25, 0.3) is 0 Å². The van der Waals surface area contributed by atoms with Gasteiger partial charge in [-0.2, -0.15) is 0 Å². The van der Waals surface area contributed by atoms with Crippen molar-refractivity contribution in [2.45, 2.75) is 32.1 Å². The van der Waals surface area contributed by atoms with E-state index in [9.17, 15) is 9.18 Å².